The van der Waals surface area contributed by atoms with Crippen molar-refractivity contribution >= 4 is 0 Å². The summed E-state index contributed by atoms with van der Waals surface area (Å²) in [6, 6.07) is 28.0. The van der Waals surface area contributed by atoms with Crippen molar-refractivity contribution in [2.45, 2.75) is 0 Å². The van der Waals surface area contributed by atoms with E-state index in [2.05, 4.69) is 20.0 Å². The van der Waals surface area contributed by atoms with E-state index >= 15 is 0 Å². The molecule has 0 fully saturated rings. The minimum absolute atomic E-state index is 0. The summed E-state index contributed by atoms with van der Waals surface area (Å²) in [6.45, 7) is 13.5. The summed E-state index contributed by atoms with van der Waals surface area (Å²) < 4.78 is 22.5. The quantitative estimate of drug-likeness (QED) is 0.328. The van der Waals surface area contributed by atoms with Gasteiger partial charge in [-0.3, -0.25) is 0 Å². The minimum atomic E-state index is 0. The van der Waals surface area contributed by atoms with Crippen LogP contribution in [0, 0.1) is 20.0 Å². The predicted molar refractivity (Wildman–Crippen MR) is 73.5 cm³/mol. The van der Waals surface area contributed by atoms with Crippen LogP contribution in [0.4, 0.5) is 0 Å². The van der Waals surface area contributed by atoms with Gasteiger partial charge in [-0.25, -0.2) is 0 Å². The SMILES string of the molecule is [C-]#[O+].[C-]#[O+].[C-]#[O+].[Mo].[Mo].c1ccc[cH+]cc1.c1ccc[cH+]cc1. The molecule has 0 amide bonds. The number of hydrogen-bond acceptors (Lipinski definition) is 0. The third kappa shape index (κ3) is 36.3. The van der Waals surface area contributed by atoms with E-state index in [-0.39, 0.29) is 42.1 Å². The Kier molecular flexibility index (Phi) is 63.4. The second-order valence-corrected chi connectivity index (χ2v) is 2.69. The first-order valence-corrected chi connectivity index (χ1v) is 5.28. The Morgan fingerprint density at radius 3 is 0.773 bits per heavy atom. The average Bonchev–Trinajstić information content (AvgIpc) is 3.03. The van der Waals surface area contributed by atoms with E-state index in [0.29, 0.717) is 0 Å². The summed E-state index contributed by atoms with van der Waals surface area (Å²) in [5.41, 5.74) is 0. The second kappa shape index (κ2) is 42.7. The van der Waals surface area contributed by atoms with Gasteiger partial charge < -0.3 is 0 Å². The molecular weight excluding hydrogens is 444 g/mol. The Balaban J connectivity index is -0.0000000614. The standard InChI is InChI=1S/2C7H7.3CO.2Mo/c2*1-2-4-6-7-5-3-1;3*1-2;;/h2*1-7H;;;;;/q2*+1;;;;;. The molecule has 0 saturated heterocycles. The van der Waals surface area contributed by atoms with Crippen LogP contribution in [0.5, 0.6) is 0 Å². The zero-order valence-electron chi connectivity index (χ0n) is 11.6. The molecule has 0 aliphatic carbocycles. The molecular formula is C17H14Mo2O3+2. The van der Waals surface area contributed by atoms with Gasteiger partial charge in [0.15, 0.2) is 0 Å². The van der Waals surface area contributed by atoms with Gasteiger partial charge in [-0.05, 0) is 0 Å². The van der Waals surface area contributed by atoms with Gasteiger partial charge in [0.2, 0.25) is 0 Å². The Hall–Kier alpha value is -1.22. The van der Waals surface area contributed by atoms with Gasteiger partial charge in [0.25, 0.3) is 0 Å². The van der Waals surface area contributed by atoms with E-state index in [1.165, 1.54) is 0 Å². The summed E-state index contributed by atoms with van der Waals surface area (Å²) in [5, 5.41) is 0. The first-order valence-electron chi connectivity index (χ1n) is 5.28. The summed E-state index contributed by atoms with van der Waals surface area (Å²) >= 11 is 0. The van der Waals surface area contributed by atoms with Crippen molar-refractivity contribution in [3.05, 3.63) is 105 Å². The van der Waals surface area contributed by atoms with E-state index in [1.807, 2.05) is 84.9 Å². The van der Waals surface area contributed by atoms with Crippen LogP contribution in [-0.2, 0) is 56.1 Å². The van der Waals surface area contributed by atoms with Gasteiger partial charge in [0.05, 0.1) is 0 Å². The normalized spacial score (nSPS) is 5.36. The minimum Gasteiger partial charge on any atom is 0 e. The smallest absolute Gasteiger partial charge is 0 e. The van der Waals surface area contributed by atoms with E-state index in [4.69, 9.17) is 14.0 Å². The summed E-state index contributed by atoms with van der Waals surface area (Å²) in [7, 11) is 0. The van der Waals surface area contributed by atoms with Crippen molar-refractivity contribution in [1.29, 1.82) is 0 Å². The van der Waals surface area contributed by atoms with Crippen LogP contribution in [0.1, 0.15) is 0 Å². The molecule has 0 atom stereocenters. The molecule has 0 aliphatic rings. The van der Waals surface area contributed by atoms with Crippen LogP contribution in [-0.4, -0.2) is 0 Å². The molecule has 2 aromatic carbocycles. The summed E-state index contributed by atoms with van der Waals surface area (Å²) in [4.78, 5) is 0. The van der Waals surface area contributed by atoms with Crippen LogP contribution in [0.3, 0.4) is 0 Å². The van der Waals surface area contributed by atoms with Gasteiger partial charge in [0.1, 0.15) is 0 Å². The summed E-state index contributed by atoms with van der Waals surface area (Å²) in [5.74, 6) is 0. The first-order chi connectivity index (χ1) is 10.0. The fraction of sp³-hybridized carbons (Fsp3) is 0. The van der Waals surface area contributed by atoms with Crippen LogP contribution in [0.2, 0.25) is 0 Å². The third-order valence-corrected chi connectivity index (χ3v) is 1.56. The summed E-state index contributed by atoms with van der Waals surface area (Å²) in [6.07, 6.45) is 0. The second-order valence-electron chi connectivity index (χ2n) is 2.69. The van der Waals surface area contributed by atoms with Crippen LogP contribution in [0.25, 0.3) is 0 Å². The molecule has 22 heavy (non-hydrogen) atoms. The van der Waals surface area contributed by atoms with Gasteiger partial charge in [-0.15, -0.1) is 0 Å². The maximum absolute atomic E-state index is 7.50. The Morgan fingerprint density at radius 2 is 0.591 bits per heavy atom. The molecule has 0 radical (unpaired) electrons. The zero-order valence-corrected chi connectivity index (χ0v) is 15.6. The fourth-order valence-corrected chi connectivity index (χ4v) is 0.898. The Morgan fingerprint density at radius 1 is 0.409 bits per heavy atom. The maximum Gasteiger partial charge on any atom is 0.0467 e. The third-order valence-electron chi connectivity index (χ3n) is 1.56. The molecule has 0 aromatic heterocycles. The van der Waals surface area contributed by atoms with Crippen molar-refractivity contribution < 1.29 is 56.1 Å². The molecule has 0 heterocycles. The van der Waals surface area contributed by atoms with Crippen molar-refractivity contribution in [1.82, 2.24) is 0 Å². The molecule has 0 N–H and O–H groups in total. The maximum atomic E-state index is 7.50. The monoisotopic (exact) mass is 462 g/mol. The van der Waals surface area contributed by atoms with E-state index in [1.54, 1.807) is 0 Å². The molecule has 0 spiro atoms. The Bertz CT molecular complexity index is 329. The van der Waals surface area contributed by atoms with Gasteiger partial charge in [-0.2, -0.15) is 0 Å². The molecule has 0 unspecified atom stereocenters. The van der Waals surface area contributed by atoms with Gasteiger partial charge in [0, 0.05) is 127 Å². The predicted octanol–water partition coefficient (Wildman–Crippen LogP) is 3.82. The molecule has 5 heteroatoms. The molecule has 0 aliphatic heterocycles. The number of rotatable bonds is 0. The Labute approximate surface area is 160 Å². The molecule has 2 aromatic rings. The molecule has 2 rings (SSSR count). The van der Waals surface area contributed by atoms with E-state index in [9.17, 15) is 0 Å². The van der Waals surface area contributed by atoms with Crippen LogP contribution >= 0.6 is 0 Å². The molecule has 0 saturated carbocycles. The van der Waals surface area contributed by atoms with Gasteiger partial charge in [-0.1, -0.05) is 0 Å². The van der Waals surface area contributed by atoms with Crippen molar-refractivity contribution in [3.63, 3.8) is 0 Å². The first kappa shape index (κ1) is 32.6. The molecule has 0 bridgehead atoms. The fourth-order valence-electron chi connectivity index (χ4n) is 0.898. The van der Waals surface area contributed by atoms with Gasteiger partial charge >= 0.3 is 33.9 Å². The van der Waals surface area contributed by atoms with Crippen molar-refractivity contribution in [3.8, 4) is 0 Å². The van der Waals surface area contributed by atoms with Crippen molar-refractivity contribution in [2.24, 2.45) is 0 Å². The number of hydrogen-bond donors (Lipinski definition) is 0. The van der Waals surface area contributed by atoms with E-state index in [0.717, 1.165) is 0 Å². The van der Waals surface area contributed by atoms with E-state index < -0.39 is 0 Å². The topological polar surface area (TPSA) is 59.7 Å². The molecule has 3 nitrogen and oxygen atoms in total. The van der Waals surface area contributed by atoms with Crippen LogP contribution < -0.4 is 0 Å². The average molecular weight is 458 g/mol. The molecule has 110 valence electrons. The van der Waals surface area contributed by atoms with Crippen LogP contribution in [0.15, 0.2) is 84.9 Å². The zero-order chi connectivity index (χ0) is 15.9. The van der Waals surface area contributed by atoms with Crippen molar-refractivity contribution in [2.75, 3.05) is 0 Å². The largest absolute Gasteiger partial charge is 0.0467 e.